The quantitative estimate of drug-likeness (QED) is 0.511. The fraction of sp³-hybridized carbons (Fsp3) is 0.143. The van der Waals surface area contributed by atoms with Gasteiger partial charge in [-0.3, -0.25) is 10.1 Å². The summed E-state index contributed by atoms with van der Waals surface area (Å²) in [5.41, 5.74) is -0.329. The van der Waals surface area contributed by atoms with Crippen LogP contribution in [0.15, 0.2) is 41.3 Å². The monoisotopic (exact) mass is 389 g/mol. The summed E-state index contributed by atoms with van der Waals surface area (Å²) in [5, 5.41) is 28.6. The van der Waals surface area contributed by atoms with Crippen molar-refractivity contribution in [3.05, 3.63) is 62.9 Å². The van der Waals surface area contributed by atoms with Crippen LogP contribution in [0, 0.1) is 15.9 Å². The number of hydrogen-bond donors (Lipinski definition) is 3. The van der Waals surface area contributed by atoms with Gasteiger partial charge in [0.2, 0.25) is 10.0 Å². The minimum Gasteiger partial charge on any atom is -0.387 e. The standard InChI is InChI=1S/C14H13ClFN3O5S/c15-10-3-1-8(5-11(10)16)14(20)7-18-12-4-2-9(25(17,23)24)6-13(12)19(21)22/h1-6,14,18,20H,7H2,(H2,17,23,24). The van der Waals surface area contributed by atoms with Crippen LogP contribution < -0.4 is 10.5 Å². The SMILES string of the molecule is NS(=O)(=O)c1ccc(NCC(O)c2ccc(Cl)c(F)c2)c([N+](=O)[O-])c1. The Bertz CT molecular complexity index is 923. The number of anilines is 1. The van der Waals surface area contributed by atoms with Crippen molar-refractivity contribution < 1.29 is 22.8 Å². The van der Waals surface area contributed by atoms with E-state index in [4.69, 9.17) is 16.7 Å². The second kappa shape index (κ2) is 7.31. The number of aliphatic hydroxyl groups excluding tert-OH is 1. The van der Waals surface area contributed by atoms with E-state index in [1.54, 1.807) is 0 Å². The van der Waals surface area contributed by atoms with Gasteiger partial charge in [-0.2, -0.15) is 0 Å². The molecule has 0 fully saturated rings. The molecule has 0 aliphatic rings. The smallest absolute Gasteiger partial charge is 0.293 e. The molecule has 2 aromatic carbocycles. The summed E-state index contributed by atoms with van der Waals surface area (Å²) in [5.74, 6) is -0.707. The maximum atomic E-state index is 13.4. The van der Waals surface area contributed by atoms with Crippen molar-refractivity contribution in [1.29, 1.82) is 0 Å². The molecule has 4 N–H and O–H groups in total. The first kappa shape index (κ1) is 19.1. The lowest BCUT2D eigenvalue weighted by Crippen LogP contribution is -2.15. The topological polar surface area (TPSA) is 136 Å². The van der Waals surface area contributed by atoms with Crippen molar-refractivity contribution in [3.63, 3.8) is 0 Å². The van der Waals surface area contributed by atoms with Gasteiger partial charge in [-0.1, -0.05) is 17.7 Å². The summed E-state index contributed by atoms with van der Waals surface area (Å²) < 4.78 is 36.0. The number of sulfonamides is 1. The van der Waals surface area contributed by atoms with Gasteiger partial charge in [-0.25, -0.2) is 17.9 Å². The van der Waals surface area contributed by atoms with Crippen LogP contribution in [-0.4, -0.2) is 25.0 Å². The van der Waals surface area contributed by atoms with Crippen LogP contribution in [0.1, 0.15) is 11.7 Å². The highest BCUT2D eigenvalue weighted by Crippen LogP contribution is 2.28. The molecule has 0 spiro atoms. The molecule has 0 saturated heterocycles. The number of nitrogens with two attached hydrogens (primary N) is 1. The van der Waals surface area contributed by atoms with Crippen molar-refractivity contribution in [1.82, 2.24) is 0 Å². The van der Waals surface area contributed by atoms with Gasteiger partial charge in [0.25, 0.3) is 5.69 Å². The van der Waals surface area contributed by atoms with E-state index in [9.17, 15) is 28.0 Å². The lowest BCUT2D eigenvalue weighted by Gasteiger charge is -2.14. The zero-order valence-electron chi connectivity index (χ0n) is 12.5. The number of primary sulfonamides is 1. The van der Waals surface area contributed by atoms with E-state index in [1.165, 1.54) is 12.1 Å². The maximum absolute atomic E-state index is 13.4. The zero-order chi connectivity index (χ0) is 18.8. The Morgan fingerprint density at radius 1 is 1.32 bits per heavy atom. The Labute approximate surface area is 147 Å². The van der Waals surface area contributed by atoms with Gasteiger partial charge in [0, 0.05) is 12.6 Å². The molecule has 0 aliphatic heterocycles. The highest BCUT2D eigenvalue weighted by atomic mass is 35.5. The molecule has 0 radical (unpaired) electrons. The zero-order valence-corrected chi connectivity index (χ0v) is 14.1. The highest BCUT2D eigenvalue weighted by Gasteiger charge is 2.20. The number of nitro groups is 1. The van der Waals surface area contributed by atoms with Gasteiger partial charge in [0.05, 0.1) is 20.9 Å². The van der Waals surface area contributed by atoms with Crippen LogP contribution in [0.4, 0.5) is 15.8 Å². The molecule has 11 heteroatoms. The second-order valence-corrected chi connectivity index (χ2v) is 7.02. The van der Waals surface area contributed by atoms with Crippen LogP contribution in [0.25, 0.3) is 0 Å². The van der Waals surface area contributed by atoms with Crippen molar-refractivity contribution >= 4 is 33.0 Å². The molecule has 0 heterocycles. The molecular weight excluding hydrogens is 377 g/mol. The summed E-state index contributed by atoms with van der Waals surface area (Å²) in [6, 6.07) is 6.81. The summed E-state index contributed by atoms with van der Waals surface area (Å²) in [6.07, 6.45) is -1.18. The van der Waals surface area contributed by atoms with Crippen molar-refractivity contribution in [2.24, 2.45) is 5.14 Å². The molecule has 0 amide bonds. The van der Waals surface area contributed by atoms with Crippen molar-refractivity contribution in [2.75, 3.05) is 11.9 Å². The minimum atomic E-state index is -4.09. The first-order valence-electron chi connectivity index (χ1n) is 6.77. The molecule has 1 atom stereocenters. The fourth-order valence-corrected chi connectivity index (χ4v) is 2.68. The molecule has 0 aliphatic carbocycles. The average Bonchev–Trinajstić information content (AvgIpc) is 2.54. The molecule has 8 nitrogen and oxygen atoms in total. The predicted molar refractivity (Wildman–Crippen MR) is 89.3 cm³/mol. The Hall–Kier alpha value is -2.27. The Kier molecular flexibility index (Phi) is 5.58. The Morgan fingerprint density at radius 2 is 2.00 bits per heavy atom. The summed E-state index contributed by atoms with van der Waals surface area (Å²) in [7, 11) is -4.09. The molecule has 25 heavy (non-hydrogen) atoms. The van der Waals surface area contributed by atoms with Crippen molar-refractivity contribution in [2.45, 2.75) is 11.0 Å². The predicted octanol–water partition coefficient (Wildman–Crippen LogP) is 2.18. The molecule has 2 aromatic rings. The number of nitrogens with zero attached hydrogens (tertiary/aromatic N) is 1. The van der Waals surface area contributed by atoms with E-state index in [-0.39, 0.29) is 22.8 Å². The summed E-state index contributed by atoms with van der Waals surface area (Å²) in [6.45, 7) is -0.184. The molecule has 0 saturated carbocycles. The number of halogens is 2. The third-order valence-electron chi connectivity index (χ3n) is 3.31. The molecule has 0 aromatic heterocycles. The van der Waals surface area contributed by atoms with Crippen LogP contribution in [0.3, 0.4) is 0 Å². The van der Waals surface area contributed by atoms with E-state index in [0.717, 1.165) is 24.3 Å². The largest absolute Gasteiger partial charge is 0.387 e. The fourth-order valence-electron chi connectivity index (χ4n) is 2.03. The van der Waals surface area contributed by atoms with Gasteiger partial charge in [0.15, 0.2) is 0 Å². The van der Waals surface area contributed by atoms with Crippen LogP contribution in [-0.2, 0) is 10.0 Å². The lowest BCUT2D eigenvalue weighted by molar-refractivity contribution is -0.384. The van der Waals surface area contributed by atoms with Gasteiger partial charge >= 0.3 is 0 Å². The van der Waals surface area contributed by atoms with Gasteiger partial charge in [0.1, 0.15) is 11.5 Å². The average molecular weight is 390 g/mol. The summed E-state index contributed by atoms with van der Waals surface area (Å²) >= 11 is 5.56. The molecule has 134 valence electrons. The number of nitro benzene ring substituents is 1. The maximum Gasteiger partial charge on any atom is 0.293 e. The minimum absolute atomic E-state index is 0.0223. The van der Waals surface area contributed by atoms with E-state index >= 15 is 0 Å². The first-order chi connectivity index (χ1) is 11.6. The third kappa shape index (κ3) is 4.63. The lowest BCUT2D eigenvalue weighted by atomic mass is 10.1. The van der Waals surface area contributed by atoms with Gasteiger partial charge in [-0.05, 0) is 29.8 Å². The Balaban J connectivity index is 2.22. The van der Waals surface area contributed by atoms with Crippen molar-refractivity contribution in [3.8, 4) is 0 Å². The number of rotatable bonds is 6. The number of hydrogen-bond acceptors (Lipinski definition) is 6. The van der Waals surface area contributed by atoms with Crippen LogP contribution in [0.5, 0.6) is 0 Å². The Morgan fingerprint density at radius 3 is 2.56 bits per heavy atom. The van der Waals surface area contributed by atoms with Gasteiger partial charge in [-0.15, -0.1) is 0 Å². The van der Waals surface area contributed by atoms with E-state index in [2.05, 4.69) is 5.32 Å². The number of benzene rings is 2. The number of nitrogens with one attached hydrogen (secondary N) is 1. The molecular formula is C14H13ClFN3O5S. The second-order valence-electron chi connectivity index (χ2n) is 5.05. The first-order valence-corrected chi connectivity index (χ1v) is 8.70. The highest BCUT2D eigenvalue weighted by molar-refractivity contribution is 7.89. The third-order valence-corrected chi connectivity index (χ3v) is 4.53. The van der Waals surface area contributed by atoms with Crippen LogP contribution >= 0.6 is 11.6 Å². The van der Waals surface area contributed by atoms with E-state index in [0.29, 0.717) is 0 Å². The van der Waals surface area contributed by atoms with Gasteiger partial charge < -0.3 is 10.4 Å². The number of aliphatic hydroxyl groups is 1. The van der Waals surface area contributed by atoms with Crippen LogP contribution in [0.2, 0.25) is 5.02 Å². The van der Waals surface area contributed by atoms with E-state index in [1.807, 2.05) is 0 Å². The normalized spacial score (nSPS) is 12.6. The van der Waals surface area contributed by atoms with E-state index < -0.39 is 37.5 Å². The molecule has 2 rings (SSSR count). The summed E-state index contributed by atoms with van der Waals surface area (Å²) in [4.78, 5) is 9.90. The molecule has 1 unspecified atom stereocenters. The molecule has 0 bridgehead atoms.